The van der Waals surface area contributed by atoms with E-state index in [0.29, 0.717) is 11.7 Å². The van der Waals surface area contributed by atoms with Gasteiger partial charge in [-0.3, -0.25) is 0 Å². The van der Waals surface area contributed by atoms with Gasteiger partial charge in [0.15, 0.2) is 5.82 Å². The molecule has 0 atom stereocenters. The van der Waals surface area contributed by atoms with Gasteiger partial charge in [0.05, 0.1) is 0 Å². The van der Waals surface area contributed by atoms with E-state index in [2.05, 4.69) is 15.3 Å². The zero-order valence-corrected chi connectivity index (χ0v) is 11.1. The van der Waals surface area contributed by atoms with E-state index in [1.54, 1.807) is 6.07 Å². The van der Waals surface area contributed by atoms with Gasteiger partial charge in [0.25, 0.3) is 0 Å². The van der Waals surface area contributed by atoms with Crippen molar-refractivity contribution in [1.82, 2.24) is 9.97 Å². The molecule has 0 amide bonds. The number of aromatic nitrogens is 2. The van der Waals surface area contributed by atoms with Crippen LogP contribution >= 0.6 is 0 Å². The highest BCUT2D eigenvalue weighted by Crippen LogP contribution is 2.40. The second-order valence-corrected chi connectivity index (χ2v) is 4.99. The first-order chi connectivity index (χ1) is 9.17. The Kier molecular flexibility index (Phi) is 2.93. The van der Waals surface area contributed by atoms with Crippen molar-refractivity contribution in [3.63, 3.8) is 0 Å². The number of anilines is 1. The van der Waals surface area contributed by atoms with E-state index in [9.17, 15) is 4.39 Å². The van der Waals surface area contributed by atoms with E-state index in [0.717, 1.165) is 22.6 Å². The minimum absolute atomic E-state index is 0.228. The maximum absolute atomic E-state index is 13.2. The molecular formula is C15H16FN3. The van der Waals surface area contributed by atoms with Crippen LogP contribution in [0.3, 0.4) is 0 Å². The van der Waals surface area contributed by atoms with E-state index in [1.807, 2.05) is 20.0 Å². The number of rotatable bonds is 3. The first-order valence-corrected chi connectivity index (χ1v) is 6.50. The fraction of sp³-hybridized carbons (Fsp3) is 0.333. The first kappa shape index (κ1) is 12.1. The number of hydrogen-bond acceptors (Lipinski definition) is 3. The Morgan fingerprint density at radius 2 is 2.00 bits per heavy atom. The lowest BCUT2D eigenvalue weighted by Crippen LogP contribution is -2.01. The number of benzene rings is 1. The van der Waals surface area contributed by atoms with E-state index >= 15 is 0 Å². The molecule has 1 aliphatic carbocycles. The lowest BCUT2D eigenvalue weighted by Gasteiger charge is -2.09. The molecule has 1 aromatic carbocycles. The number of aryl methyl sites for hydroxylation is 1. The molecular weight excluding hydrogens is 241 g/mol. The van der Waals surface area contributed by atoms with Gasteiger partial charge in [0, 0.05) is 30.3 Å². The molecule has 19 heavy (non-hydrogen) atoms. The minimum Gasteiger partial charge on any atom is -0.373 e. The van der Waals surface area contributed by atoms with Crippen LogP contribution in [0.15, 0.2) is 24.3 Å². The molecule has 1 aromatic heterocycles. The van der Waals surface area contributed by atoms with Crippen LogP contribution < -0.4 is 5.32 Å². The molecule has 3 rings (SSSR count). The van der Waals surface area contributed by atoms with E-state index in [1.165, 1.54) is 25.0 Å². The van der Waals surface area contributed by atoms with Crippen LogP contribution in [0.25, 0.3) is 11.4 Å². The second kappa shape index (κ2) is 4.61. The van der Waals surface area contributed by atoms with Crippen molar-refractivity contribution in [2.75, 3.05) is 12.4 Å². The lowest BCUT2D eigenvalue weighted by molar-refractivity contribution is 0.627. The topological polar surface area (TPSA) is 37.8 Å². The summed E-state index contributed by atoms with van der Waals surface area (Å²) in [6, 6.07) is 6.71. The van der Waals surface area contributed by atoms with Crippen LogP contribution in [0, 0.1) is 12.7 Å². The Hall–Kier alpha value is -1.97. The summed E-state index contributed by atoms with van der Waals surface area (Å²) in [5.74, 6) is 1.82. The van der Waals surface area contributed by atoms with Gasteiger partial charge in [0.1, 0.15) is 11.6 Å². The van der Waals surface area contributed by atoms with Gasteiger partial charge in [-0.1, -0.05) is 0 Å². The summed E-state index contributed by atoms with van der Waals surface area (Å²) < 4.78 is 13.2. The van der Waals surface area contributed by atoms with Gasteiger partial charge in [-0.25, -0.2) is 14.4 Å². The highest BCUT2D eigenvalue weighted by molar-refractivity contribution is 5.62. The van der Waals surface area contributed by atoms with Gasteiger partial charge >= 0.3 is 0 Å². The molecule has 2 aromatic rings. The number of hydrogen-bond donors (Lipinski definition) is 1. The normalized spacial score (nSPS) is 14.5. The van der Waals surface area contributed by atoms with Gasteiger partial charge in [-0.05, 0) is 43.5 Å². The summed E-state index contributed by atoms with van der Waals surface area (Å²) in [7, 11) is 1.85. The molecule has 4 heteroatoms. The average Bonchev–Trinajstić information content (AvgIpc) is 3.22. The molecule has 0 bridgehead atoms. The lowest BCUT2D eigenvalue weighted by atomic mass is 10.1. The molecule has 1 N–H and O–H groups in total. The molecule has 0 saturated heterocycles. The van der Waals surface area contributed by atoms with Crippen LogP contribution in [-0.2, 0) is 0 Å². The monoisotopic (exact) mass is 257 g/mol. The van der Waals surface area contributed by atoms with Crippen molar-refractivity contribution in [3.05, 3.63) is 41.3 Å². The van der Waals surface area contributed by atoms with E-state index in [-0.39, 0.29) is 5.82 Å². The fourth-order valence-electron chi connectivity index (χ4n) is 2.18. The minimum atomic E-state index is -0.228. The molecule has 1 aliphatic rings. The van der Waals surface area contributed by atoms with Crippen molar-refractivity contribution < 1.29 is 4.39 Å². The van der Waals surface area contributed by atoms with Gasteiger partial charge in [0.2, 0.25) is 0 Å². The van der Waals surface area contributed by atoms with Crippen LogP contribution in [-0.4, -0.2) is 17.0 Å². The zero-order chi connectivity index (χ0) is 13.4. The number of nitrogens with zero attached hydrogens (tertiary/aromatic N) is 2. The molecule has 3 nitrogen and oxygen atoms in total. The molecule has 1 heterocycles. The second-order valence-electron chi connectivity index (χ2n) is 4.99. The Morgan fingerprint density at radius 3 is 2.63 bits per heavy atom. The molecule has 0 radical (unpaired) electrons. The predicted octanol–water partition coefficient (Wildman–Crippen LogP) is 3.51. The third kappa shape index (κ3) is 2.43. The SMILES string of the molecule is CNc1cc(C2CC2)nc(-c2ccc(F)cc2C)n1. The Labute approximate surface area is 111 Å². The number of halogens is 1. The van der Waals surface area contributed by atoms with Crippen molar-refractivity contribution in [2.24, 2.45) is 0 Å². The highest BCUT2D eigenvalue weighted by atomic mass is 19.1. The summed E-state index contributed by atoms with van der Waals surface area (Å²) >= 11 is 0. The van der Waals surface area contributed by atoms with Gasteiger partial charge < -0.3 is 5.32 Å². The van der Waals surface area contributed by atoms with Crippen LogP contribution in [0.5, 0.6) is 0 Å². The summed E-state index contributed by atoms with van der Waals surface area (Å²) in [5.41, 5.74) is 2.83. The Balaban J connectivity index is 2.10. The zero-order valence-electron chi connectivity index (χ0n) is 11.1. The standard InChI is InChI=1S/C15H16FN3/c1-9-7-11(16)5-6-12(9)15-18-13(10-3-4-10)8-14(17-2)19-15/h5-8,10H,3-4H2,1-2H3,(H,17,18,19). The molecule has 0 unspecified atom stereocenters. The third-order valence-electron chi connectivity index (χ3n) is 3.43. The summed E-state index contributed by atoms with van der Waals surface area (Å²) in [4.78, 5) is 9.11. The largest absolute Gasteiger partial charge is 0.373 e. The summed E-state index contributed by atoms with van der Waals surface area (Å²) in [6.07, 6.45) is 2.39. The first-order valence-electron chi connectivity index (χ1n) is 6.50. The van der Waals surface area contributed by atoms with Crippen molar-refractivity contribution in [3.8, 4) is 11.4 Å². The van der Waals surface area contributed by atoms with Crippen LogP contribution in [0.2, 0.25) is 0 Å². The summed E-state index contributed by atoms with van der Waals surface area (Å²) in [6.45, 7) is 1.88. The maximum atomic E-state index is 13.2. The fourth-order valence-corrected chi connectivity index (χ4v) is 2.18. The van der Waals surface area contributed by atoms with Crippen molar-refractivity contribution >= 4 is 5.82 Å². The highest BCUT2D eigenvalue weighted by Gasteiger charge is 2.26. The van der Waals surface area contributed by atoms with Crippen molar-refractivity contribution in [1.29, 1.82) is 0 Å². The molecule has 0 aliphatic heterocycles. The molecule has 1 saturated carbocycles. The van der Waals surface area contributed by atoms with Gasteiger partial charge in [-0.2, -0.15) is 0 Å². The van der Waals surface area contributed by atoms with Crippen molar-refractivity contribution in [2.45, 2.75) is 25.7 Å². The Morgan fingerprint density at radius 1 is 1.21 bits per heavy atom. The smallest absolute Gasteiger partial charge is 0.162 e. The number of nitrogens with one attached hydrogen (secondary N) is 1. The summed E-state index contributed by atoms with van der Waals surface area (Å²) in [5, 5.41) is 3.07. The predicted molar refractivity (Wildman–Crippen MR) is 73.7 cm³/mol. The van der Waals surface area contributed by atoms with E-state index in [4.69, 9.17) is 0 Å². The maximum Gasteiger partial charge on any atom is 0.162 e. The third-order valence-corrected chi connectivity index (χ3v) is 3.43. The van der Waals surface area contributed by atoms with E-state index < -0.39 is 0 Å². The molecule has 98 valence electrons. The average molecular weight is 257 g/mol. The molecule has 0 spiro atoms. The van der Waals surface area contributed by atoms with Crippen LogP contribution in [0.4, 0.5) is 10.2 Å². The molecule has 1 fully saturated rings. The van der Waals surface area contributed by atoms with Crippen LogP contribution in [0.1, 0.15) is 30.0 Å². The quantitative estimate of drug-likeness (QED) is 0.914. The Bertz CT molecular complexity index is 621. The van der Waals surface area contributed by atoms with Gasteiger partial charge in [-0.15, -0.1) is 0 Å².